The third kappa shape index (κ3) is 4.87. The number of benzene rings is 1. The molecule has 130 valence electrons. The summed E-state index contributed by atoms with van der Waals surface area (Å²) in [6, 6.07) is 5.01. The summed E-state index contributed by atoms with van der Waals surface area (Å²) >= 11 is 0. The lowest BCUT2D eigenvalue weighted by Gasteiger charge is -2.35. The normalized spacial score (nSPS) is 17.8. The molecule has 0 spiro atoms. The molecule has 1 aliphatic carbocycles. The number of hydrogen-bond acceptors (Lipinski definition) is 2. The van der Waals surface area contributed by atoms with Gasteiger partial charge in [-0.1, -0.05) is 26.2 Å². The maximum atomic E-state index is 12.6. The monoisotopic (exact) mass is 329 g/mol. The van der Waals surface area contributed by atoms with E-state index >= 15 is 0 Å². The quantitative estimate of drug-likeness (QED) is 0.485. The third-order valence-corrected chi connectivity index (χ3v) is 4.54. The van der Waals surface area contributed by atoms with Gasteiger partial charge < -0.3 is 4.74 Å². The van der Waals surface area contributed by atoms with Crippen LogP contribution < -0.4 is 10.1 Å². The average Bonchev–Trinajstić information content (AvgIpc) is 3.35. The van der Waals surface area contributed by atoms with Crippen LogP contribution in [0, 0.1) is 5.92 Å². The number of ether oxygens (including phenoxy) is 1. The van der Waals surface area contributed by atoms with Crippen molar-refractivity contribution in [2.24, 2.45) is 5.92 Å². The van der Waals surface area contributed by atoms with Crippen LogP contribution in [-0.4, -0.2) is 12.8 Å². The molecule has 1 aromatic carbocycles. The minimum atomic E-state index is -4.31. The van der Waals surface area contributed by atoms with Crippen LogP contribution >= 0.6 is 0 Å². The first-order chi connectivity index (χ1) is 10.9. The third-order valence-electron chi connectivity index (χ3n) is 4.54. The Labute approximate surface area is 136 Å². The van der Waals surface area contributed by atoms with Crippen LogP contribution in [0.15, 0.2) is 24.3 Å². The Morgan fingerprint density at radius 2 is 1.74 bits per heavy atom. The Hall–Kier alpha value is -1.23. The predicted octanol–water partition coefficient (Wildman–Crippen LogP) is 5.38. The van der Waals surface area contributed by atoms with Crippen LogP contribution in [0.1, 0.15) is 57.4 Å². The van der Waals surface area contributed by atoms with Gasteiger partial charge in [0.25, 0.3) is 0 Å². The van der Waals surface area contributed by atoms with E-state index in [1.54, 1.807) is 0 Å². The first-order valence-electron chi connectivity index (χ1n) is 8.46. The summed E-state index contributed by atoms with van der Waals surface area (Å²) in [7, 11) is 1.88. The molecule has 5 heteroatoms. The Balaban J connectivity index is 2.05. The molecule has 0 saturated heterocycles. The highest BCUT2D eigenvalue weighted by Crippen LogP contribution is 2.43. The molecule has 1 aromatic rings. The number of rotatable bonds is 9. The molecule has 1 atom stereocenters. The molecule has 23 heavy (non-hydrogen) atoms. The Morgan fingerprint density at radius 1 is 1.09 bits per heavy atom. The summed E-state index contributed by atoms with van der Waals surface area (Å²) in [5, 5.41) is 3.30. The summed E-state index contributed by atoms with van der Waals surface area (Å²) < 4.78 is 44.1. The van der Waals surface area contributed by atoms with Crippen LogP contribution in [0.2, 0.25) is 0 Å². The van der Waals surface area contributed by atoms with Crippen LogP contribution in [-0.2, 0) is 6.18 Å². The summed E-state index contributed by atoms with van der Waals surface area (Å²) in [6.07, 6.45) is 3.38. The van der Waals surface area contributed by atoms with Crippen LogP contribution in [0.25, 0.3) is 0 Å². The molecule has 0 radical (unpaired) electrons. The van der Waals surface area contributed by atoms with Gasteiger partial charge in [0.15, 0.2) is 5.72 Å². The summed E-state index contributed by atoms with van der Waals surface area (Å²) in [5.41, 5.74) is -1.10. The molecule has 2 rings (SSSR count). The fourth-order valence-electron chi connectivity index (χ4n) is 3.00. The average molecular weight is 329 g/mol. The molecule has 1 unspecified atom stereocenters. The van der Waals surface area contributed by atoms with E-state index < -0.39 is 17.5 Å². The Bertz CT molecular complexity index is 482. The van der Waals surface area contributed by atoms with Gasteiger partial charge in [-0.2, -0.15) is 13.2 Å². The van der Waals surface area contributed by atoms with Gasteiger partial charge in [-0.3, -0.25) is 5.32 Å². The number of halogens is 3. The van der Waals surface area contributed by atoms with E-state index in [4.69, 9.17) is 4.74 Å². The zero-order chi connectivity index (χ0) is 16.9. The van der Waals surface area contributed by atoms with E-state index in [2.05, 4.69) is 12.2 Å². The molecule has 1 N–H and O–H groups in total. The van der Waals surface area contributed by atoms with Crippen LogP contribution in [0.5, 0.6) is 5.75 Å². The van der Waals surface area contributed by atoms with Crippen LogP contribution in [0.4, 0.5) is 13.2 Å². The minimum absolute atomic E-state index is 0.441. The molecule has 1 aliphatic rings. The Morgan fingerprint density at radius 3 is 2.22 bits per heavy atom. The molecule has 0 bridgehead atoms. The lowest BCUT2D eigenvalue weighted by molar-refractivity contribution is -0.137. The number of alkyl halides is 3. The van der Waals surface area contributed by atoms with E-state index in [0.717, 1.165) is 44.2 Å². The second kappa shape index (κ2) is 7.56. The standard InChI is InChI=1S/C18H26F3NO/c1-3-4-5-6-13-17(22-2,14-7-8-14)23-16-11-9-15(10-12-16)18(19,20)21/h9-12,14,22H,3-8,13H2,1-2H3. The first kappa shape index (κ1) is 18.1. The van der Waals surface area contributed by atoms with Crippen molar-refractivity contribution in [2.75, 3.05) is 7.05 Å². The lowest BCUT2D eigenvalue weighted by atomic mass is 9.99. The van der Waals surface area contributed by atoms with Crippen molar-refractivity contribution in [3.05, 3.63) is 29.8 Å². The van der Waals surface area contributed by atoms with Gasteiger partial charge in [0, 0.05) is 12.3 Å². The molecule has 2 nitrogen and oxygen atoms in total. The molecule has 0 heterocycles. The highest BCUT2D eigenvalue weighted by Gasteiger charge is 2.46. The van der Waals surface area contributed by atoms with Gasteiger partial charge >= 0.3 is 6.18 Å². The minimum Gasteiger partial charge on any atom is -0.473 e. The lowest BCUT2D eigenvalue weighted by Crippen LogP contribution is -2.50. The van der Waals surface area contributed by atoms with Gasteiger partial charge in [-0.05, 0) is 50.6 Å². The van der Waals surface area contributed by atoms with E-state index in [9.17, 15) is 13.2 Å². The summed E-state index contributed by atoms with van der Waals surface area (Å²) in [5.74, 6) is 0.936. The van der Waals surface area contributed by atoms with E-state index in [1.807, 2.05) is 7.05 Å². The molecular formula is C18H26F3NO. The van der Waals surface area contributed by atoms with Crippen molar-refractivity contribution in [3.8, 4) is 5.75 Å². The topological polar surface area (TPSA) is 21.3 Å². The molecule has 0 amide bonds. The Kier molecular flexibility index (Phi) is 5.95. The van der Waals surface area contributed by atoms with Crippen molar-refractivity contribution >= 4 is 0 Å². The second-order valence-electron chi connectivity index (χ2n) is 6.35. The van der Waals surface area contributed by atoms with E-state index in [-0.39, 0.29) is 0 Å². The molecule has 0 aliphatic heterocycles. The van der Waals surface area contributed by atoms with Crippen LogP contribution in [0.3, 0.4) is 0 Å². The predicted molar refractivity (Wildman–Crippen MR) is 85.3 cm³/mol. The van der Waals surface area contributed by atoms with Gasteiger partial charge in [0.1, 0.15) is 5.75 Å². The molecular weight excluding hydrogens is 303 g/mol. The van der Waals surface area contributed by atoms with E-state index in [1.165, 1.54) is 25.0 Å². The highest BCUT2D eigenvalue weighted by molar-refractivity contribution is 5.29. The molecule has 1 saturated carbocycles. The van der Waals surface area contributed by atoms with Crippen molar-refractivity contribution < 1.29 is 17.9 Å². The first-order valence-corrected chi connectivity index (χ1v) is 8.46. The maximum Gasteiger partial charge on any atom is 0.416 e. The van der Waals surface area contributed by atoms with E-state index in [0.29, 0.717) is 11.7 Å². The SMILES string of the molecule is CCCCCCC(NC)(Oc1ccc(C(F)(F)F)cc1)C1CC1. The number of nitrogens with one attached hydrogen (secondary N) is 1. The van der Waals surface area contributed by atoms with Gasteiger partial charge in [-0.15, -0.1) is 0 Å². The van der Waals surface area contributed by atoms with Crippen molar-refractivity contribution in [2.45, 2.75) is 63.8 Å². The van der Waals surface area contributed by atoms with Gasteiger partial charge in [0.05, 0.1) is 5.56 Å². The van der Waals surface area contributed by atoms with Crippen molar-refractivity contribution in [1.29, 1.82) is 0 Å². The largest absolute Gasteiger partial charge is 0.473 e. The number of unbranched alkanes of at least 4 members (excludes halogenated alkanes) is 3. The van der Waals surface area contributed by atoms with Gasteiger partial charge in [0.2, 0.25) is 0 Å². The molecule has 0 aromatic heterocycles. The zero-order valence-electron chi connectivity index (χ0n) is 13.9. The summed E-state index contributed by atoms with van der Waals surface area (Å²) in [6.45, 7) is 2.17. The number of hydrogen-bond donors (Lipinski definition) is 1. The van der Waals surface area contributed by atoms with Crippen molar-refractivity contribution in [3.63, 3.8) is 0 Å². The van der Waals surface area contributed by atoms with Crippen molar-refractivity contribution in [1.82, 2.24) is 5.32 Å². The second-order valence-corrected chi connectivity index (χ2v) is 6.35. The zero-order valence-corrected chi connectivity index (χ0v) is 13.9. The fraction of sp³-hybridized carbons (Fsp3) is 0.667. The fourth-order valence-corrected chi connectivity index (χ4v) is 3.00. The van der Waals surface area contributed by atoms with Gasteiger partial charge in [-0.25, -0.2) is 0 Å². The maximum absolute atomic E-state index is 12.6. The highest BCUT2D eigenvalue weighted by atomic mass is 19.4. The molecule has 1 fully saturated rings. The summed E-state index contributed by atoms with van der Waals surface area (Å²) in [4.78, 5) is 0. The smallest absolute Gasteiger partial charge is 0.416 e.